The van der Waals surface area contributed by atoms with Gasteiger partial charge < -0.3 is 20.0 Å². The summed E-state index contributed by atoms with van der Waals surface area (Å²) < 4.78 is 0. The van der Waals surface area contributed by atoms with Crippen LogP contribution in [0.15, 0.2) is 72.8 Å². The van der Waals surface area contributed by atoms with Gasteiger partial charge in [-0.1, -0.05) is 87.5 Å². The fraction of sp³-hybridized carbons (Fsp3) is 0.417. The molecule has 4 aliphatic rings. The van der Waals surface area contributed by atoms with Crippen LogP contribution in [0, 0.1) is 5.41 Å². The topological polar surface area (TPSA) is 73.0 Å². The number of nitrogens with zero attached hydrogens (tertiary/aromatic N) is 3. The fourth-order valence-corrected chi connectivity index (χ4v) is 9.10. The molecule has 3 aliphatic heterocycles. The van der Waals surface area contributed by atoms with E-state index in [1.54, 1.807) is 11.8 Å². The van der Waals surface area contributed by atoms with Crippen molar-refractivity contribution in [3.63, 3.8) is 0 Å². The predicted octanol–water partition coefficient (Wildman–Crippen LogP) is 6.92. The summed E-state index contributed by atoms with van der Waals surface area (Å²) in [6.45, 7) is 9.02. The zero-order valence-electron chi connectivity index (χ0n) is 25.7. The van der Waals surface area contributed by atoms with Crippen LogP contribution in [0.4, 0.5) is 10.5 Å². The first-order chi connectivity index (χ1) is 21.2. The van der Waals surface area contributed by atoms with Gasteiger partial charge in [-0.05, 0) is 47.4 Å². The van der Waals surface area contributed by atoms with E-state index in [1.165, 1.54) is 11.1 Å². The van der Waals surface area contributed by atoms with Crippen LogP contribution in [0.2, 0.25) is 0 Å². The van der Waals surface area contributed by atoms with E-state index in [2.05, 4.69) is 85.6 Å². The van der Waals surface area contributed by atoms with Crippen molar-refractivity contribution in [3.05, 3.63) is 89.5 Å². The van der Waals surface area contributed by atoms with Crippen molar-refractivity contribution >= 4 is 35.3 Å². The average Bonchev–Trinajstić information content (AvgIpc) is 3.46. The number of hydrogen-bond donors (Lipinski definition) is 1. The molecule has 8 heteroatoms. The first-order valence-corrected chi connectivity index (χ1v) is 16.7. The lowest BCUT2D eigenvalue weighted by Gasteiger charge is -2.40. The van der Waals surface area contributed by atoms with E-state index in [-0.39, 0.29) is 37.1 Å². The number of para-hydroxylation sites is 1. The summed E-state index contributed by atoms with van der Waals surface area (Å²) in [7, 11) is 0. The number of carbonyl (C=O) groups is 3. The van der Waals surface area contributed by atoms with Gasteiger partial charge in [0, 0.05) is 56.9 Å². The zero-order chi connectivity index (χ0) is 30.6. The third-order valence-corrected chi connectivity index (χ3v) is 11.3. The highest BCUT2D eigenvalue weighted by atomic mass is 32.2. The van der Waals surface area contributed by atoms with Gasteiger partial charge in [0.15, 0.2) is 0 Å². The van der Waals surface area contributed by atoms with Gasteiger partial charge in [0.1, 0.15) is 4.87 Å². The molecule has 1 aliphatic carbocycles. The molecule has 230 valence electrons. The molecule has 0 aromatic heterocycles. The second-order valence-corrected chi connectivity index (χ2v) is 15.1. The number of anilines is 1. The van der Waals surface area contributed by atoms with E-state index in [0.29, 0.717) is 26.2 Å². The Morgan fingerprint density at radius 1 is 0.932 bits per heavy atom. The molecule has 3 heterocycles. The smallest absolute Gasteiger partial charge is 0.322 e. The lowest BCUT2D eigenvalue weighted by molar-refractivity contribution is -0.137. The van der Waals surface area contributed by atoms with Crippen molar-refractivity contribution in [1.82, 2.24) is 14.7 Å². The number of amides is 4. The number of carbonyl (C=O) groups excluding carboxylic acids is 3. The summed E-state index contributed by atoms with van der Waals surface area (Å²) >= 11 is 1.65. The molecular formula is C36H42N4O3S. The lowest BCUT2D eigenvalue weighted by atomic mass is 9.91. The summed E-state index contributed by atoms with van der Waals surface area (Å²) in [5.41, 5.74) is 6.68. The second kappa shape index (κ2) is 11.0. The summed E-state index contributed by atoms with van der Waals surface area (Å²) in [5.74, 6) is 0.0766. The maximum absolute atomic E-state index is 14.3. The van der Waals surface area contributed by atoms with Crippen LogP contribution in [0.1, 0.15) is 64.6 Å². The number of benzene rings is 3. The second-order valence-electron chi connectivity index (χ2n) is 13.7. The molecule has 1 unspecified atom stereocenters. The van der Waals surface area contributed by atoms with E-state index in [1.807, 2.05) is 28.0 Å². The first kappa shape index (κ1) is 29.0. The lowest BCUT2D eigenvalue weighted by Crippen LogP contribution is -2.51. The van der Waals surface area contributed by atoms with Crippen molar-refractivity contribution in [3.8, 4) is 11.1 Å². The minimum Gasteiger partial charge on any atom is -0.342 e. The number of fused-ring (bicyclic) bond motifs is 6. The molecule has 4 amide bonds. The van der Waals surface area contributed by atoms with Crippen molar-refractivity contribution < 1.29 is 15.8 Å². The number of piperidine rings is 1. The highest BCUT2D eigenvalue weighted by Gasteiger charge is 2.58. The first-order valence-electron chi connectivity index (χ1n) is 15.8. The Labute approximate surface area is 265 Å². The molecule has 1 spiro atoms. The minimum atomic E-state index is -0.634. The van der Waals surface area contributed by atoms with Crippen LogP contribution in [0.5, 0.6) is 0 Å². The molecule has 1 atom stereocenters. The van der Waals surface area contributed by atoms with E-state index in [9.17, 15) is 14.4 Å². The molecule has 0 bridgehead atoms. The molecule has 2 saturated heterocycles. The standard InChI is InChI=1S/C36H40N4O3S.H2/c1-35(2,3)18-21-40-33(42)31(44-36(40)28-13-7-5-11-26(28)27-12-6-8-14-29(27)36)22-32(41)38-19-16-25(17-20-38)39-23-24-10-4-9-15-30(24)37-34(39)43;/h4-15,25,31H,16-23H2,1-3H3,(H,37,43);1H. The third-order valence-electron chi connectivity index (χ3n) is 9.67. The number of hydrogen-bond acceptors (Lipinski definition) is 4. The van der Waals surface area contributed by atoms with E-state index >= 15 is 0 Å². The molecule has 3 aromatic rings. The molecule has 0 radical (unpaired) electrons. The van der Waals surface area contributed by atoms with E-state index in [4.69, 9.17) is 0 Å². The Morgan fingerprint density at radius 2 is 1.55 bits per heavy atom. The van der Waals surface area contributed by atoms with Gasteiger partial charge in [-0.15, -0.1) is 11.8 Å². The quantitative estimate of drug-likeness (QED) is 0.340. The van der Waals surface area contributed by atoms with Crippen LogP contribution in [0.25, 0.3) is 11.1 Å². The zero-order valence-corrected chi connectivity index (χ0v) is 26.5. The molecule has 7 nitrogen and oxygen atoms in total. The van der Waals surface area contributed by atoms with Gasteiger partial charge in [-0.3, -0.25) is 9.59 Å². The minimum absolute atomic E-state index is 0. The number of urea groups is 1. The summed E-state index contributed by atoms with van der Waals surface area (Å²) in [5, 5.41) is 2.56. The molecule has 44 heavy (non-hydrogen) atoms. The molecule has 7 rings (SSSR count). The van der Waals surface area contributed by atoms with Crippen LogP contribution in [-0.2, 0) is 21.0 Å². The van der Waals surface area contributed by atoms with Crippen LogP contribution < -0.4 is 5.32 Å². The van der Waals surface area contributed by atoms with Gasteiger partial charge in [-0.25, -0.2) is 4.79 Å². The van der Waals surface area contributed by atoms with Crippen LogP contribution in [-0.4, -0.2) is 63.5 Å². The summed E-state index contributed by atoms with van der Waals surface area (Å²) in [6, 6.07) is 24.8. The Hall–Kier alpha value is -3.78. The third kappa shape index (κ3) is 4.87. The number of thioether (sulfide) groups is 1. The van der Waals surface area contributed by atoms with E-state index < -0.39 is 10.1 Å². The SMILES string of the molecule is CC(C)(C)CCN1C(=O)C(CC(=O)N2CCC(N3Cc4ccccc4NC3=O)CC2)SC12c1ccccc1-c1ccccc12.[HH]. The number of rotatable bonds is 5. The Bertz CT molecular complexity index is 1580. The van der Waals surface area contributed by atoms with Gasteiger partial charge in [-0.2, -0.15) is 0 Å². The predicted molar refractivity (Wildman–Crippen MR) is 177 cm³/mol. The Balaban J connectivity index is 0.00000357. The van der Waals surface area contributed by atoms with Crippen LogP contribution in [0.3, 0.4) is 0 Å². The van der Waals surface area contributed by atoms with Crippen molar-refractivity contribution in [1.29, 1.82) is 0 Å². The number of likely N-dealkylation sites (tertiary alicyclic amines) is 1. The van der Waals surface area contributed by atoms with Gasteiger partial charge in [0.25, 0.3) is 0 Å². The monoisotopic (exact) mass is 610 g/mol. The van der Waals surface area contributed by atoms with Crippen molar-refractivity contribution in [2.24, 2.45) is 5.41 Å². The highest BCUT2D eigenvalue weighted by molar-refractivity contribution is 8.02. The molecule has 1 N–H and O–H groups in total. The van der Waals surface area contributed by atoms with Gasteiger partial charge >= 0.3 is 6.03 Å². The Morgan fingerprint density at radius 3 is 2.20 bits per heavy atom. The number of nitrogens with one attached hydrogen (secondary N) is 1. The summed E-state index contributed by atoms with van der Waals surface area (Å²) in [6.07, 6.45) is 2.52. The normalized spacial score (nSPS) is 20.9. The van der Waals surface area contributed by atoms with Crippen molar-refractivity contribution in [2.45, 2.75) is 69.2 Å². The summed E-state index contributed by atoms with van der Waals surface area (Å²) in [4.78, 5) is 46.2. The maximum atomic E-state index is 14.3. The fourth-order valence-electron chi connectivity index (χ4n) is 7.31. The molecule has 0 saturated carbocycles. The highest BCUT2D eigenvalue weighted by Crippen LogP contribution is 2.61. The maximum Gasteiger partial charge on any atom is 0.322 e. The molecule has 2 fully saturated rings. The largest absolute Gasteiger partial charge is 0.342 e. The van der Waals surface area contributed by atoms with Gasteiger partial charge in [0.2, 0.25) is 11.8 Å². The van der Waals surface area contributed by atoms with Crippen LogP contribution >= 0.6 is 11.8 Å². The van der Waals surface area contributed by atoms with Gasteiger partial charge in [0.05, 0.1) is 5.25 Å². The van der Waals surface area contributed by atoms with E-state index in [0.717, 1.165) is 41.6 Å². The average molecular weight is 611 g/mol. The van der Waals surface area contributed by atoms with Crippen molar-refractivity contribution in [2.75, 3.05) is 25.0 Å². The Kier molecular flexibility index (Phi) is 7.23. The molecular weight excluding hydrogens is 568 g/mol. The molecule has 3 aromatic carbocycles.